The van der Waals surface area contributed by atoms with E-state index in [2.05, 4.69) is 5.16 Å². The lowest BCUT2D eigenvalue weighted by molar-refractivity contribution is -0.122. The van der Waals surface area contributed by atoms with Gasteiger partial charge < -0.3 is 10.6 Å². The molecule has 1 rings (SSSR count). The molecule has 0 aliphatic carbocycles. The van der Waals surface area contributed by atoms with E-state index in [0.29, 0.717) is 10.7 Å². The van der Waals surface area contributed by atoms with Crippen LogP contribution in [-0.2, 0) is 9.63 Å². The smallest absolute Gasteiger partial charge is 0.258 e. The van der Waals surface area contributed by atoms with Gasteiger partial charge in [0.25, 0.3) is 5.91 Å². The van der Waals surface area contributed by atoms with Crippen LogP contribution in [0, 0.1) is 0 Å². The van der Waals surface area contributed by atoms with Crippen molar-refractivity contribution in [2.45, 2.75) is 6.92 Å². The molecule has 2 N–H and O–H groups in total. The molecule has 1 amide bonds. The number of carbonyl (C=O) groups excluding carboxylic acids is 1. The highest BCUT2D eigenvalue weighted by molar-refractivity contribution is 6.30. The molecule has 0 atom stereocenters. The zero-order chi connectivity index (χ0) is 11.3. The van der Waals surface area contributed by atoms with E-state index in [4.69, 9.17) is 22.2 Å². The van der Waals surface area contributed by atoms with Crippen molar-refractivity contribution >= 4 is 23.2 Å². The molecule has 15 heavy (non-hydrogen) atoms. The van der Waals surface area contributed by atoms with E-state index in [1.54, 1.807) is 19.1 Å². The molecule has 0 unspecified atom stereocenters. The maximum absolute atomic E-state index is 10.4. The molecule has 80 valence electrons. The molecule has 0 radical (unpaired) electrons. The molecule has 0 aliphatic rings. The number of hydrogen-bond acceptors (Lipinski definition) is 3. The molecular weight excluding hydrogens is 216 g/mol. The van der Waals surface area contributed by atoms with Crippen LogP contribution < -0.4 is 5.73 Å². The van der Waals surface area contributed by atoms with Crippen molar-refractivity contribution in [3.63, 3.8) is 0 Å². The Morgan fingerprint density at radius 3 is 2.60 bits per heavy atom. The van der Waals surface area contributed by atoms with Crippen LogP contribution in [0.2, 0.25) is 5.02 Å². The van der Waals surface area contributed by atoms with Gasteiger partial charge in [-0.2, -0.15) is 0 Å². The Morgan fingerprint density at radius 1 is 1.47 bits per heavy atom. The Morgan fingerprint density at radius 2 is 2.07 bits per heavy atom. The van der Waals surface area contributed by atoms with Crippen molar-refractivity contribution in [1.29, 1.82) is 0 Å². The Balaban J connectivity index is 2.63. The monoisotopic (exact) mass is 226 g/mol. The van der Waals surface area contributed by atoms with E-state index in [9.17, 15) is 4.79 Å². The number of benzene rings is 1. The number of primary amides is 1. The molecule has 1 aromatic rings. The molecule has 0 bridgehead atoms. The van der Waals surface area contributed by atoms with Crippen molar-refractivity contribution in [2.75, 3.05) is 6.61 Å². The van der Waals surface area contributed by atoms with E-state index in [-0.39, 0.29) is 6.61 Å². The Hall–Kier alpha value is -1.55. The molecule has 0 aromatic heterocycles. The lowest BCUT2D eigenvalue weighted by atomic mass is 10.1. The van der Waals surface area contributed by atoms with Crippen LogP contribution in [0.1, 0.15) is 12.5 Å². The van der Waals surface area contributed by atoms with Crippen molar-refractivity contribution in [2.24, 2.45) is 10.9 Å². The van der Waals surface area contributed by atoms with Gasteiger partial charge in [-0.1, -0.05) is 28.9 Å². The van der Waals surface area contributed by atoms with Gasteiger partial charge in [0.1, 0.15) is 0 Å². The van der Waals surface area contributed by atoms with Gasteiger partial charge in [0.15, 0.2) is 6.61 Å². The van der Waals surface area contributed by atoms with Gasteiger partial charge in [-0.25, -0.2) is 0 Å². The topological polar surface area (TPSA) is 64.7 Å². The van der Waals surface area contributed by atoms with Crippen LogP contribution in [-0.4, -0.2) is 18.2 Å². The fourth-order valence-corrected chi connectivity index (χ4v) is 1.06. The second-order valence-corrected chi connectivity index (χ2v) is 3.36. The number of rotatable bonds is 4. The number of nitrogens with two attached hydrogens (primary N) is 1. The summed E-state index contributed by atoms with van der Waals surface area (Å²) < 4.78 is 0. The molecule has 1 aromatic carbocycles. The number of oxime groups is 1. The van der Waals surface area contributed by atoms with Gasteiger partial charge in [-0.15, -0.1) is 0 Å². The summed E-state index contributed by atoms with van der Waals surface area (Å²) in [4.78, 5) is 15.1. The minimum Gasteiger partial charge on any atom is -0.385 e. The third-order valence-electron chi connectivity index (χ3n) is 1.67. The minimum absolute atomic E-state index is 0.217. The average molecular weight is 227 g/mol. The van der Waals surface area contributed by atoms with Crippen LogP contribution in [0.5, 0.6) is 0 Å². The summed E-state index contributed by atoms with van der Waals surface area (Å²) in [5.41, 5.74) is 6.43. The van der Waals surface area contributed by atoms with Gasteiger partial charge in [-0.3, -0.25) is 4.79 Å². The van der Waals surface area contributed by atoms with Crippen LogP contribution in [0.25, 0.3) is 0 Å². The SMILES string of the molecule is C/C(=N\OCC(N)=O)c1ccc(Cl)cc1. The van der Waals surface area contributed by atoms with E-state index in [1.165, 1.54) is 0 Å². The van der Waals surface area contributed by atoms with Crippen molar-refractivity contribution < 1.29 is 9.63 Å². The first-order valence-electron chi connectivity index (χ1n) is 4.30. The highest BCUT2D eigenvalue weighted by Gasteiger charge is 1.98. The predicted molar refractivity (Wildman–Crippen MR) is 58.8 cm³/mol. The number of hydrogen-bond donors (Lipinski definition) is 1. The maximum atomic E-state index is 10.4. The lowest BCUT2D eigenvalue weighted by Crippen LogP contribution is -2.16. The second kappa shape index (κ2) is 5.36. The van der Waals surface area contributed by atoms with Gasteiger partial charge in [-0.05, 0) is 24.6 Å². The zero-order valence-corrected chi connectivity index (χ0v) is 8.99. The quantitative estimate of drug-likeness (QED) is 0.626. The number of halogens is 1. The van der Waals surface area contributed by atoms with E-state index in [0.717, 1.165) is 5.56 Å². The highest BCUT2D eigenvalue weighted by Crippen LogP contribution is 2.10. The fraction of sp³-hybridized carbons (Fsp3) is 0.200. The summed E-state index contributed by atoms with van der Waals surface area (Å²) in [5.74, 6) is -0.553. The van der Waals surface area contributed by atoms with Gasteiger partial charge in [0.05, 0.1) is 5.71 Å². The summed E-state index contributed by atoms with van der Waals surface area (Å²) in [6.07, 6.45) is 0. The van der Waals surface area contributed by atoms with Crippen molar-refractivity contribution in [3.8, 4) is 0 Å². The van der Waals surface area contributed by atoms with Crippen LogP contribution >= 0.6 is 11.6 Å². The van der Waals surface area contributed by atoms with E-state index in [1.807, 2.05) is 12.1 Å². The Bertz CT molecular complexity index is 374. The summed E-state index contributed by atoms with van der Waals surface area (Å²) in [6, 6.07) is 7.14. The summed E-state index contributed by atoms with van der Waals surface area (Å²) in [7, 11) is 0. The van der Waals surface area contributed by atoms with Crippen molar-refractivity contribution in [3.05, 3.63) is 34.9 Å². The average Bonchev–Trinajstić information content (AvgIpc) is 2.18. The first-order valence-corrected chi connectivity index (χ1v) is 4.68. The fourth-order valence-electron chi connectivity index (χ4n) is 0.937. The number of nitrogens with zero attached hydrogens (tertiary/aromatic N) is 1. The molecule has 0 heterocycles. The summed E-state index contributed by atoms with van der Waals surface area (Å²) in [5, 5.41) is 4.39. The van der Waals surface area contributed by atoms with E-state index < -0.39 is 5.91 Å². The third-order valence-corrected chi connectivity index (χ3v) is 1.92. The molecule has 0 fully saturated rings. The summed E-state index contributed by atoms with van der Waals surface area (Å²) in [6.45, 7) is 1.55. The number of amides is 1. The van der Waals surface area contributed by atoms with Gasteiger partial charge in [0.2, 0.25) is 0 Å². The third kappa shape index (κ3) is 3.99. The first-order chi connectivity index (χ1) is 7.09. The first kappa shape index (κ1) is 11.5. The number of carbonyl (C=O) groups is 1. The molecule has 0 saturated carbocycles. The Labute approximate surface area is 92.7 Å². The van der Waals surface area contributed by atoms with Crippen LogP contribution in [0.15, 0.2) is 29.4 Å². The van der Waals surface area contributed by atoms with Gasteiger partial charge in [0, 0.05) is 5.02 Å². The zero-order valence-electron chi connectivity index (χ0n) is 8.24. The Kier molecular flexibility index (Phi) is 4.12. The summed E-state index contributed by atoms with van der Waals surface area (Å²) >= 11 is 5.73. The standard InChI is InChI=1S/C10H11ClN2O2/c1-7(13-15-6-10(12)14)8-2-4-9(11)5-3-8/h2-5H,6H2,1H3,(H2,12,14)/b13-7+. The largest absolute Gasteiger partial charge is 0.385 e. The molecule has 4 nitrogen and oxygen atoms in total. The van der Waals surface area contributed by atoms with Gasteiger partial charge >= 0.3 is 0 Å². The molecule has 0 saturated heterocycles. The van der Waals surface area contributed by atoms with Crippen molar-refractivity contribution in [1.82, 2.24) is 0 Å². The molecular formula is C10H11ClN2O2. The van der Waals surface area contributed by atoms with Crippen LogP contribution in [0.4, 0.5) is 0 Å². The second-order valence-electron chi connectivity index (χ2n) is 2.92. The normalized spacial score (nSPS) is 11.2. The predicted octanol–water partition coefficient (Wildman–Crippen LogP) is 1.57. The minimum atomic E-state index is -0.553. The molecule has 0 spiro atoms. The molecule has 0 aliphatic heterocycles. The highest BCUT2D eigenvalue weighted by atomic mass is 35.5. The lowest BCUT2D eigenvalue weighted by Gasteiger charge is -2.00. The molecule has 5 heteroatoms. The van der Waals surface area contributed by atoms with E-state index >= 15 is 0 Å². The maximum Gasteiger partial charge on any atom is 0.258 e. The van der Waals surface area contributed by atoms with Crippen LogP contribution in [0.3, 0.4) is 0 Å².